The van der Waals surface area contributed by atoms with Crippen LogP contribution in [0.15, 0.2) is 54.6 Å². The Morgan fingerprint density at radius 2 is 1.70 bits per heavy atom. The second-order valence-corrected chi connectivity index (χ2v) is 7.08. The van der Waals surface area contributed by atoms with Gasteiger partial charge in [-0.2, -0.15) is 0 Å². The molecule has 0 radical (unpaired) electrons. The summed E-state index contributed by atoms with van der Waals surface area (Å²) >= 11 is 0. The van der Waals surface area contributed by atoms with Gasteiger partial charge in [0.2, 0.25) is 0 Å². The van der Waals surface area contributed by atoms with Crippen LogP contribution in [-0.4, -0.2) is 35.9 Å². The van der Waals surface area contributed by atoms with Crippen LogP contribution < -0.4 is 10.5 Å². The fourth-order valence-electron chi connectivity index (χ4n) is 3.58. The van der Waals surface area contributed by atoms with Crippen LogP contribution in [0.4, 0.5) is 0 Å². The van der Waals surface area contributed by atoms with E-state index in [-0.39, 0.29) is 5.91 Å². The number of hydrogen-bond donors (Lipinski definition) is 1. The van der Waals surface area contributed by atoms with Crippen LogP contribution >= 0.6 is 0 Å². The maximum absolute atomic E-state index is 12.7. The number of nitrogens with two attached hydrogens (primary N) is 1. The standard InChI is InChI=1S/C22H26N2O3/c1-16(27-20-10-6-5-9-19(20)21(23)25)22(26)24-13-11-18(12-14-24)15-17-7-3-2-4-8-17/h2-10,16,18H,11-15H2,1H3,(H2,23,25)/t16-/m1/s1. The Kier molecular flexibility index (Phi) is 6.12. The molecular formula is C22H26N2O3. The average molecular weight is 366 g/mol. The molecule has 5 nitrogen and oxygen atoms in total. The summed E-state index contributed by atoms with van der Waals surface area (Å²) in [6, 6.07) is 17.2. The smallest absolute Gasteiger partial charge is 0.263 e. The van der Waals surface area contributed by atoms with Crippen molar-refractivity contribution in [1.82, 2.24) is 4.90 Å². The maximum Gasteiger partial charge on any atom is 0.263 e. The van der Waals surface area contributed by atoms with Gasteiger partial charge < -0.3 is 15.4 Å². The lowest BCUT2D eigenvalue weighted by Gasteiger charge is -2.33. The molecule has 142 valence electrons. The van der Waals surface area contributed by atoms with E-state index in [1.807, 2.05) is 11.0 Å². The molecule has 2 aromatic carbocycles. The third-order valence-corrected chi connectivity index (χ3v) is 5.10. The van der Waals surface area contributed by atoms with E-state index < -0.39 is 12.0 Å². The van der Waals surface area contributed by atoms with Crippen molar-refractivity contribution in [3.05, 3.63) is 65.7 Å². The van der Waals surface area contributed by atoms with Gasteiger partial charge in [0.05, 0.1) is 5.56 Å². The molecular weight excluding hydrogens is 340 g/mol. The molecule has 5 heteroatoms. The number of likely N-dealkylation sites (tertiary alicyclic amines) is 1. The summed E-state index contributed by atoms with van der Waals surface area (Å²) in [6.07, 6.45) is 2.38. The number of piperidine rings is 1. The highest BCUT2D eigenvalue weighted by Crippen LogP contribution is 2.24. The summed E-state index contributed by atoms with van der Waals surface area (Å²) < 4.78 is 5.75. The van der Waals surface area contributed by atoms with E-state index in [9.17, 15) is 9.59 Å². The number of primary amides is 1. The second kappa shape index (κ2) is 8.71. The molecule has 0 aliphatic carbocycles. The number of benzene rings is 2. The van der Waals surface area contributed by atoms with Crippen molar-refractivity contribution < 1.29 is 14.3 Å². The van der Waals surface area contributed by atoms with E-state index in [1.165, 1.54) is 5.56 Å². The lowest BCUT2D eigenvalue weighted by Crippen LogP contribution is -2.45. The summed E-state index contributed by atoms with van der Waals surface area (Å²) in [6.45, 7) is 3.19. The first kappa shape index (κ1) is 19.0. The highest BCUT2D eigenvalue weighted by atomic mass is 16.5. The number of para-hydroxylation sites is 1. The molecule has 2 amide bonds. The van der Waals surface area contributed by atoms with Gasteiger partial charge >= 0.3 is 0 Å². The lowest BCUT2D eigenvalue weighted by molar-refractivity contribution is -0.139. The molecule has 1 atom stereocenters. The minimum atomic E-state index is -0.656. The first-order valence-electron chi connectivity index (χ1n) is 9.43. The molecule has 2 aromatic rings. The van der Waals surface area contributed by atoms with Gasteiger partial charge in [0.25, 0.3) is 11.8 Å². The predicted octanol–water partition coefficient (Wildman–Crippen LogP) is 3.03. The van der Waals surface area contributed by atoms with Crippen molar-refractivity contribution in [2.75, 3.05) is 13.1 Å². The molecule has 27 heavy (non-hydrogen) atoms. The Balaban J connectivity index is 1.54. The zero-order chi connectivity index (χ0) is 19.2. The van der Waals surface area contributed by atoms with Crippen molar-refractivity contribution in [2.45, 2.75) is 32.3 Å². The van der Waals surface area contributed by atoms with Crippen molar-refractivity contribution in [1.29, 1.82) is 0 Å². The van der Waals surface area contributed by atoms with E-state index in [2.05, 4.69) is 24.3 Å². The SMILES string of the molecule is C[C@@H](Oc1ccccc1C(N)=O)C(=O)N1CCC(Cc2ccccc2)CC1. The zero-order valence-electron chi connectivity index (χ0n) is 15.6. The van der Waals surface area contributed by atoms with Crippen LogP contribution in [0, 0.1) is 5.92 Å². The largest absolute Gasteiger partial charge is 0.480 e. The molecule has 3 rings (SSSR count). The maximum atomic E-state index is 12.7. The fourth-order valence-corrected chi connectivity index (χ4v) is 3.58. The van der Waals surface area contributed by atoms with E-state index in [4.69, 9.17) is 10.5 Å². The second-order valence-electron chi connectivity index (χ2n) is 7.08. The number of amides is 2. The Morgan fingerprint density at radius 1 is 1.07 bits per heavy atom. The summed E-state index contributed by atoms with van der Waals surface area (Å²) in [4.78, 5) is 26.1. The molecule has 1 fully saturated rings. The average Bonchev–Trinajstić information content (AvgIpc) is 2.69. The van der Waals surface area contributed by atoms with Crippen LogP contribution in [0.1, 0.15) is 35.7 Å². The quantitative estimate of drug-likeness (QED) is 0.854. The molecule has 0 aromatic heterocycles. The van der Waals surface area contributed by atoms with Gasteiger partial charge in [-0.15, -0.1) is 0 Å². The fraction of sp³-hybridized carbons (Fsp3) is 0.364. The monoisotopic (exact) mass is 366 g/mol. The highest BCUT2D eigenvalue weighted by molar-refractivity contribution is 5.95. The summed E-state index contributed by atoms with van der Waals surface area (Å²) in [5, 5.41) is 0. The molecule has 1 aliphatic rings. The van der Waals surface area contributed by atoms with Crippen LogP contribution in [0.25, 0.3) is 0 Å². The van der Waals surface area contributed by atoms with Gasteiger partial charge in [-0.3, -0.25) is 9.59 Å². The normalized spacial score (nSPS) is 16.0. The van der Waals surface area contributed by atoms with Gasteiger partial charge in [0.1, 0.15) is 5.75 Å². The lowest BCUT2D eigenvalue weighted by atomic mass is 9.90. The molecule has 0 spiro atoms. The Morgan fingerprint density at radius 3 is 2.37 bits per heavy atom. The van der Waals surface area contributed by atoms with E-state index in [0.717, 1.165) is 32.4 Å². The molecule has 1 aliphatic heterocycles. The molecule has 0 saturated carbocycles. The van der Waals surface area contributed by atoms with E-state index in [0.29, 0.717) is 17.2 Å². The predicted molar refractivity (Wildman–Crippen MR) is 104 cm³/mol. The van der Waals surface area contributed by atoms with Crippen molar-refractivity contribution in [3.8, 4) is 5.75 Å². The van der Waals surface area contributed by atoms with Gasteiger partial charge in [0.15, 0.2) is 6.10 Å². The van der Waals surface area contributed by atoms with E-state index in [1.54, 1.807) is 31.2 Å². The third-order valence-electron chi connectivity index (χ3n) is 5.10. The Labute approximate surface area is 160 Å². The van der Waals surface area contributed by atoms with Crippen LogP contribution in [0.3, 0.4) is 0 Å². The summed E-state index contributed by atoms with van der Waals surface area (Å²) in [5.41, 5.74) is 7.01. The molecule has 1 heterocycles. The van der Waals surface area contributed by atoms with Gasteiger partial charge in [-0.05, 0) is 49.8 Å². The first-order chi connectivity index (χ1) is 13.0. The third kappa shape index (κ3) is 4.88. The van der Waals surface area contributed by atoms with Crippen molar-refractivity contribution >= 4 is 11.8 Å². The Hall–Kier alpha value is -2.82. The number of carbonyl (C=O) groups excluding carboxylic acids is 2. The molecule has 0 bridgehead atoms. The first-order valence-corrected chi connectivity index (χ1v) is 9.43. The van der Waals surface area contributed by atoms with Crippen molar-refractivity contribution in [2.24, 2.45) is 11.7 Å². The minimum absolute atomic E-state index is 0.0487. The molecule has 0 unspecified atom stereocenters. The molecule has 1 saturated heterocycles. The highest BCUT2D eigenvalue weighted by Gasteiger charge is 2.27. The van der Waals surface area contributed by atoms with Crippen molar-refractivity contribution in [3.63, 3.8) is 0 Å². The number of hydrogen-bond acceptors (Lipinski definition) is 3. The minimum Gasteiger partial charge on any atom is -0.480 e. The number of carbonyl (C=O) groups is 2. The number of nitrogens with zero attached hydrogens (tertiary/aromatic N) is 1. The van der Waals surface area contributed by atoms with Gasteiger partial charge in [-0.1, -0.05) is 42.5 Å². The van der Waals surface area contributed by atoms with E-state index >= 15 is 0 Å². The van der Waals surface area contributed by atoms with Gasteiger partial charge in [-0.25, -0.2) is 0 Å². The van der Waals surface area contributed by atoms with Crippen LogP contribution in [0.2, 0.25) is 0 Å². The summed E-state index contributed by atoms with van der Waals surface area (Å²) in [7, 11) is 0. The summed E-state index contributed by atoms with van der Waals surface area (Å²) in [5.74, 6) is 0.340. The van der Waals surface area contributed by atoms with Gasteiger partial charge in [0, 0.05) is 13.1 Å². The topological polar surface area (TPSA) is 72.6 Å². The Bertz CT molecular complexity index is 783. The number of ether oxygens (including phenoxy) is 1. The number of rotatable bonds is 6. The zero-order valence-corrected chi connectivity index (χ0v) is 15.6. The van der Waals surface area contributed by atoms with Crippen LogP contribution in [-0.2, 0) is 11.2 Å². The van der Waals surface area contributed by atoms with Crippen LogP contribution in [0.5, 0.6) is 5.75 Å². The molecule has 2 N–H and O–H groups in total.